The molecule has 1 N–H and O–H groups in total. The Kier molecular flexibility index (Phi) is 5.97. The number of allylic oxidation sites excluding steroid dienone is 2. The lowest BCUT2D eigenvalue weighted by Gasteiger charge is -2.33. The number of nitrogens with zero attached hydrogens (tertiary/aromatic N) is 4. The van der Waals surface area contributed by atoms with Crippen LogP contribution in [0, 0.1) is 17.2 Å². The number of Topliss-reactive ketones (excluding diaryl/α,β-unsaturated/α-hetero) is 1. The van der Waals surface area contributed by atoms with Crippen molar-refractivity contribution in [3.05, 3.63) is 82.8 Å². The van der Waals surface area contributed by atoms with Gasteiger partial charge in [-0.25, -0.2) is 9.48 Å². The van der Waals surface area contributed by atoms with Gasteiger partial charge in [-0.05, 0) is 56.3 Å². The molecule has 1 aliphatic rings. The Balaban J connectivity index is 1.98. The second kappa shape index (κ2) is 8.81. The van der Waals surface area contributed by atoms with Gasteiger partial charge in [-0.3, -0.25) is 14.5 Å². The average molecular weight is 494 g/mol. The van der Waals surface area contributed by atoms with E-state index >= 15 is 0 Å². The fourth-order valence-corrected chi connectivity index (χ4v) is 4.03. The van der Waals surface area contributed by atoms with Crippen LogP contribution in [-0.2, 0) is 15.8 Å². The van der Waals surface area contributed by atoms with Crippen molar-refractivity contribution in [2.24, 2.45) is 5.92 Å². The second-order valence-electron chi connectivity index (χ2n) is 8.05. The molecule has 36 heavy (non-hydrogen) atoms. The zero-order valence-electron chi connectivity index (χ0n) is 18.9. The van der Waals surface area contributed by atoms with E-state index in [1.54, 1.807) is 0 Å². The van der Waals surface area contributed by atoms with Crippen molar-refractivity contribution in [3.63, 3.8) is 0 Å². The number of ketones is 1. The lowest BCUT2D eigenvalue weighted by molar-refractivity contribution is -0.137. The molecule has 0 spiro atoms. The molecule has 8 nitrogen and oxygen atoms in total. The van der Waals surface area contributed by atoms with Crippen LogP contribution in [0.1, 0.15) is 41.0 Å². The Morgan fingerprint density at radius 2 is 1.78 bits per heavy atom. The zero-order valence-corrected chi connectivity index (χ0v) is 18.9. The van der Waals surface area contributed by atoms with Crippen LogP contribution in [0.2, 0.25) is 0 Å². The molecule has 0 saturated carbocycles. The molecule has 1 atom stereocenters. The number of hydrogen-bond donors (Lipinski definition) is 1. The number of rotatable bonds is 4. The van der Waals surface area contributed by atoms with Crippen molar-refractivity contribution in [3.8, 4) is 11.8 Å². The average Bonchev–Trinajstić information content (AvgIpc) is 3.27. The van der Waals surface area contributed by atoms with Gasteiger partial charge in [0.1, 0.15) is 5.56 Å². The summed E-state index contributed by atoms with van der Waals surface area (Å²) in [5.74, 6) is -4.14. The van der Waals surface area contributed by atoms with E-state index in [2.05, 4.69) is 5.10 Å². The van der Waals surface area contributed by atoms with Crippen LogP contribution in [0.3, 0.4) is 0 Å². The highest BCUT2D eigenvalue weighted by Crippen LogP contribution is 2.39. The molecule has 182 valence electrons. The first-order valence-corrected chi connectivity index (χ1v) is 10.5. The number of alkyl halides is 3. The molecule has 4 rings (SSSR count). The largest absolute Gasteiger partial charge is 0.478 e. The summed E-state index contributed by atoms with van der Waals surface area (Å²) in [4.78, 5) is 39.5. The molecule has 0 bridgehead atoms. The summed E-state index contributed by atoms with van der Waals surface area (Å²) in [5.41, 5.74) is -1.12. The number of anilines is 1. The third-order valence-corrected chi connectivity index (χ3v) is 5.84. The fraction of sp³-hybridized carbons (Fsp3) is 0.160. The predicted molar refractivity (Wildman–Crippen MR) is 121 cm³/mol. The van der Waals surface area contributed by atoms with Crippen molar-refractivity contribution >= 4 is 28.9 Å². The van der Waals surface area contributed by atoms with Gasteiger partial charge in [-0.2, -0.15) is 23.5 Å². The van der Waals surface area contributed by atoms with Gasteiger partial charge < -0.3 is 5.11 Å². The normalized spacial score (nSPS) is 16.3. The molecule has 1 aliphatic heterocycles. The third-order valence-electron chi connectivity index (χ3n) is 5.84. The molecule has 1 unspecified atom stereocenters. The minimum absolute atomic E-state index is 0.0414. The quantitative estimate of drug-likeness (QED) is 0.536. The number of benzene rings is 2. The summed E-state index contributed by atoms with van der Waals surface area (Å²) in [5, 5.41) is 23.0. The Hall–Kier alpha value is -4.72. The maximum atomic E-state index is 13.3. The Morgan fingerprint density at radius 3 is 2.36 bits per heavy atom. The molecule has 0 fully saturated rings. The summed E-state index contributed by atoms with van der Waals surface area (Å²) in [7, 11) is 0. The number of amides is 1. The Bertz CT molecular complexity index is 1480. The first kappa shape index (κ1) is 24.4. The molecule has 1 amide bonds. The smallest absolute Gasteiger partial charge is 0.416 e. The first-order chi connectivity index (χ1) is 17.0. The highest BCUT2D eigenvalue weighted by molar-refractivity contribution is 6.34. The number of carboxylic acids is 1. The van der Waals surface area contributed by atoms with Gasteiger partial charge >= 0.3 is 12.1 Å². The number of halogens is 3. The van der Waals surface area contributed by atoms with Crippen LogP contribution in [-0.4, -0.2) is 32.5 Å². The number of carbonyl (C=O) groups excluding carboxylic acids is 2. The van der Waals surface area contributed by atoms with Crippen LogP contribution in [0.15, 0.2) is 60.4 Å². The van der Waals surface area contributed by atoms with Crippen molar-refractivity contribution in [1.82, 2.24) is 9.78 Å². The van der Waals surface area contributed by atoms with Gasteiger partial charge in [-0.15, -0.1) is 0 Å². The van der Waals surface area contributed by atoms with Crippen molar-refractivity contribution in [2.45, 2.75) is 20.0 Å². The molecule has 1 aromatic heterocycles. The summed E-state index contributed by atoms with van der Waals surface area (Å²) in [6.07, 6.45) is -3.62. The minimum atomic E-state index is -4.67. The van der Waals surface area contributed by atoms with Gasteiger partial charge in [0.15, 0.2) is 5.78 Å². The molecule has 0 aliphatic carbocycles. The van der Waals surface area contributed by atoms with Crippen molar-refractivity contribution in [2.75, 3.05) is 4.90 Å². The molecule has 0 saturated heterocycles. The van der Waals surface area contributed by atoms with E-state index in [9.17, 15) is 32.7 Å². The van der Waals surface area contributed by atoms with Crippen molar-refractivity contribution in [1.29, 1.82) is 5.26 Å². The summed E-state index contributed by atoms with van der Waals surface area (Å²) >= 11 is 0. The van der Waals surface area contributed by atoms with Crippen LogP contribution in [0.5, 0.6) is 0 Å². The van der Waals surface area contributed by atoms with Crippen LogP contribution < -0.4 is 4.90 Å². The van der Waals surface area contributed by atoms with E-state index in [-0.39, 0.29) is 28.2 Å². The number of aromatic nitrogens is 2. The summed E-state index contributed by atoms with van der Waals surface area (Å²) in [6, 6.07) is 12.0. The number of carboxylic acid groups (broad SMARTS) is 1. The lowest BCUT2D eigenvalue weighted by atomic mass is 9.88. The van der Waals surface area contributed by atoms with Gasteiger partial charge in [0, 0.05) is 11.4 Å². The van der Waals surface area contributed by atoms with Crippen LogP contribution in [0.4, 0.5) is 18.9 Å². The van der Waals surface area contributed by atoms with E-state index in [0.717, 1.165) is 29.3 Å². The van der Waals surface area contributed by atoms with Gasteiger partial charge in [0.25, 0.3) is 0 Å². The van der Waals surface area contributed by atoms with E-state index < -0.39 is 35.3 Å². The number of carbonyl (C=O) groups is 3. The summed E-state index contributed by atoms with van der Waals surface area (Å²) < 4.78 is 41.2. The number of nitriles is 1. The molecular formula is C25H17F3N4O4. The molecule has 0 radical (unpaired) electrons. The van der Waals surface area contributed by atoms with E-state index in [1.807, 2.05) is 6.07 Å². The highest BCUT2D eigenvalue weighted by Gasteiger charge is 2.41. The molecule has 2 heterocycles. The number of aromatic carboxylic acids is 1. The maximum Gasteiger partial charge on any atom is 0.416 e. The molecule has 11 heteroatoms. The lowest BCUT2D eigenvalue weighted by Crippen LogP contribution is -2.43. The maximum absolute atomic E-state index is 13.3. The Labute approximate surface area is 202 Å². The minimum Gasteiger partial charge on any atom is -0.478 e. The standard InChI is InChI=1S/C25H17F3N4O4/c1-13-22(33)20(14(2)31(23(13)34)18-5-3-4-16(10-18)25(26,27)28)21-19(24(35)36)12-30-32(21)17-8-6-15(11-29)7-9-17/h3-10,12-13H,1-2H3,(H,35,36). The Morgan fingerprint density at radius 1 is 1.11 bits per heavy atom. The first-order valence-electron chi connectivity index (χ1n) is 10.5. The zero-order chi connectivity index (χ0) is 26.4. The van der Waals surface area contributed by atoms with Crippen molar-refractivity contribution < 1.29 is 32.7 Å². The van der Waals surface area contributed by atoms with E-state index in [1.165, 1.54) is 48.9 Å². The fourth-order valence-electron chi connectivity index (χ4n) is 4.03. The SMILES string of the molecule is CC1=C(c2c(C(=O)O)cnn2-c2ccc(C#N)cc2)C(=O)C(C)C(=O)N1c1cccc(C(F)(F)F)c1. The van der Waals surface area contributed by atoms with Gasteiger partial charge in [0.05, 0.1) is 46.3 Å². The van der Waals surface area contributed by atoms with E-state index in [0.29, 0.717) is 11.3 Å². The molecule has 3 aromatic rings. The predicted octanol–water partition coefficient (Wildman–Crippen LogP) is 4.44. The summed E-state index contributed by atoms with van der Waals surface area (Å²) in [6.45, 7) is 2.67. The molecular weight excluding hydrogens is 477 g/mol. The van der Waals surface area contributed by atoms with Crippen LogP contribution in [0.25, 0.3) is 11.3 Å². The van der Waals surface area contributed by atoms with Crippen LogP contribution >= 0.6 is 0 Å². The molecule has 2 aromatic carbocycles. The van der Waals surface area contributed by atoms with Gasteiger partial charge in [0.2, 0.25) is 5.91 Å². The van der Waals surface area contributed by atoms with E-state index in [4.69, 9.17) is 5.26 Å². The topological polar surface area (TPSA) is 116 Å². The highest BCUT2D eigenvalue weighted by atomic mass is 19.4. The second-order valence-corrected chi connectivity index (χ2v) is 8.05. The monoisotopic (exact) mass is 494 g/mol. The third kappa shape index (κ3) is 4.02. The number of hydrogen-bond acceptors (Lipinski definition) is 5. The van der Waals surface area contributed by atoms with Gasteiger partial charge in [-0.1, -0.05) is 6.07 Å².